The van der Waals surface area contributed by atoms with Gasteiger partial charge in [-0.1, -0.05) is 0 Å². The fourth-order valence-corrected chi connectivity index (χ4v) is 2.24. The third-order valence-corrected chi connectivity index (χ3v) is 3.65. The number of nitrogens with one attached hydrogen (secondary N) is 2. The molecule has 7 nitrogen and oxygen atoms in total. The van der Waals surface area contributed by atoms with Crippen molar-refractivity contribution in [1.29, 1.82) is 0 Å². The monoisotopic (exact) mass is 300 g/mol. The number of hydrogen-bond acceptors (Lipinski definition) is 5. The Bertz CT molecular complexity index is 649. The number of amides is 1. The Morgan fingerprint density at radius 1 is 1.32 bits per heavy atom. The maximum atomic E-state index is 11.6. The Morgan fingerprint density at radius 3 is 2.91 bits per heavy atom. The molecule has 0 saturated heterocycles. The summed E-state index contributed by atoms with van der Waals surface area (Å²) in [6, 6.07) is 1.86. The molecule has 2 N–H and O–H groups in total. The van der Waals surface area contributed by atoms with Crippen LogP contribution in [-0.4, -0.2) is 38.5 Å². The van der Waals surface area contributed by atoms with E-state index in [1.807, 2.05) is 23.8 Å². The minimum Gasteiger partial charge on any atom is -0.368 e. The quantitative estimate of drug-likeness (QED) is 0.753. The lowest BCUT2D eigenvalue weighted by atomic mass is 10.3. The van der Waals surface area contributed by atoms with Crippen LogP contribution in [0.25, 0.3) is 5.82 Å². The van der Waals surface area contributed by atoms with Gasteiger partial charge in [0.2, 0.25) is 5.91 Å². The summed E-state index contributed by atoms with van der Waals surface area (Å²) in [6.45, 7) is 3.15. The molecule has 1 aliphatic rings. The summed E-state index contributed by atoms with van der Waals surface area (Å²) in [5.41, 5.74) is 0. The third-order valence-electron chi connectivity index (χ3n) is 3.65. The van der Waals surface area contributed by atoms with Crippen LogP contribution in [0.15, 0.2) is 24.8 Å². The van der Waals surface area contributed by atoms with Crippen molar-refractivity contribution >= 4 is 11.7 Å². The molecule has 1 fully saturated rings. The number of aromatic nitrogens is 4. The number of carbonyl (C=O) groups is 1. The van der Waals surface area contributed by atoms with Crippen molar-refractivity contribution in [3.8, 4) is 5.82 Å². The maximum absolute atomic E-state index is 11.6. The largest absolute Gasteiger partial charge is 0.368 e. The molecule has 2 aromatic heterocycles. The molecule has 2 heterocycles. The van der Waals surface area contributed by atoms with E-state index >= 15 is 0 Å². The lowest BCUT2D eigenvalue weighted by molar-refractivity contribution is -0.121. The van der Waals surface area contributed by atoms with E-state index in [0.717, 1.165) is 17.5 Å². The second-order valence-electron chi connectivity index (χ2n) is 5.53. The summed E-state index contributed by atoms with van der Waals surface area (Å²) in [5, 5.41) is 6.11. The van der Waals surface area contributed by atoms with Gasteiger partial charge in [-0.3, -0.25) is 9.36 Å². The third kappa shape index (κ3) is 3.81. The van der Waals surface area contributed by atoms with Crippen LogP contribution in [-0.2, 0) is 4.79 Å². The highest BCUT2D eigenvalue weighted by Crippen LogP contribution is 2.31. The van der Waals surface area contributed by atoms with Crippen molar-refractivity contribution in [3.63, 3.8) is 0 Å². The minimum atomic E-state index is 0.140. The zero-order valence-electron chi connectivity index (χ0n) is 12.6. The highest BCUT2D eigenvalue weighted by atomic mass is 16.1. The lowest BCUT2D eigenvalue weighted by Gasteiger charge is -2.09. The Kier molecular flexibility index (Phi) is 4.32. The second kappa shape index (κ2) is 6.55. The van der Waals surface area contributed by atoms with Gasteiger partial charge < -0.3 is 10.6 Å². The highest BCUT2D eigenvalue weighted by Gasteiger charge is 2.23. The number of nitrogens with zero attached hydrogens (tertiary/aromatic N) is 4. The van der Waals surface area contributed by atoms with Crippen LogP contribution in [0.4, 0.5) is 5.82 Å². The smallest absolute Gasteiger partial charge is 0.220 e. The summed E-state index contributed by atoms with van der Waals surface area (Å²) in [6.07, 6.45) is 8.17. The van der Waals surface area contributed by atoms with Gasteiger partial charge in [0.15, 0.2) is 0 Å². The summed E-state index contributed by atoms with van der Waals surface area (Å²) in [7, 11) is 0. The Hall–Kier alpha value is -2.44. The minimum absolute atomic E-state index is 0.140. The Morgan fingerprint density at radius 2 is 2.18 bits per heavy atom. The van der Waals surface area contributed by atoms with Gasteiger partial charge in [-0.2, -0.15) is 0 Å². The molecule has 0 spiro atoms. The van der Waals surface area contributed by atoms with Gasteiger partial charge in [-0.25, -0.2) is 15.0 Å². The normalized spacial score (nSPS) is 13.9. The van der Waals surface area contributed by atoms with E-state index in [4.69, 9.17) is 0 Å². The van der Waals surface area contributed by atoms with E-state index in [9.17, 15) is 4.79 Å². The molecular weight excluding hydrogens is 280 g/mol. The summed E-state index contributed by atoms with van der Waals surface area (Å²) >= 11 is 0. The summed E-state index contributed by atoms with van der Waals surface area (Å²) < 4.78 is 1.89. The lowest BCUT2D eigenvalue weighted by Crippen LogP contribution is -2.29. The average Bonchev–Trinajstić information content (AvgIpc) is 3.22. The summed E-state index contributed by atoms with van der Waals surface area (Å²) in [5.74, 6) is 3.13. The van der Waals surface area contributed by atoms with Crippen LogP contribution >= 0.6 is 0 Å². The molecule has 116 valence electrons. The molecule has 0 bridgehead atoms. The number of anilines is 1. The standard InChI is InChI=1S/C15H20N6O/c1-11-16-6-7-21(11)14-9-13(19-10-20-14)17-4-5-18-15(22)8-12-2-3-12/h6-7,9-10,12H,2-5,8H2,1H3,(H,18,22)(H,17,19,20). The van der Waals surface area contributed by atoms with Gasteiger partial charge in [0.05, 0.1) is 0 Å². The van der Waals surface area contributed by atoms with E-state index in [1.165, 1.54) is 19.2 Å². The first-order valence-electron chi connectivity index (χ1n) is 7.55. The fourth-order valence-electron chi connectivity index (χ4n) is 2.24. The van der Waals surface area contributed by atoms with Crippen LogP contribution in [0, 0.1) is 12.8 Å². The van der Waals surface area contributed by atoms with Crippen LogP contribution in [0.2, 0.25) is 0 Å². The first-order valence-corrected chi connectivity index (χ1v) is 7.55. The molecule has 1 saturated carbocycles. The average molecular weight is 300 g/mol. The first kappa shape index (κ1) is 14.5. The van der Waals surface area contributed by atoms with E-state index < -0.39 is 0 Å². The van der Waals surface area contributed by atoms with Gasteiger partial charge in [-0.15, -0.1) is 0 Å². The highest BCUT2D eigenvalue weighted by molar-refractivity contribution is 5.76. The topological polar surface area (TPSA) is 84.7 Å². The zero-order chi connectivity index (χ0) is 15.4. The van der Waals surface area contributed by atoms with E-state index in [1.54, 1.807) is 6.20 Å². The SMILES string of the molecule is Cc1nccn1-c1cc(NCCNC(=O)CC2CC2)ncn1. The molecule has 0 atom stereocenters. The maximum Gasteiger partial charge on any atom is 0.220 e. The first-order chi connectivity index (χ1) is 10.7. The van der Waals surface area contributed by atoms with E-state index in [2.05, 4.69) is 25.6 Å². The number of hydrogen-bond donors (Lipinski definition) is 2. The Labute approximate surface area is 129 Å². The molecule has 0 aromatic carbocycles. The number of imidazole rings is 1. The predicted molar refractivity (Wildman–Crippen MR) is 82.7 cm³/mol. The molecule has 7 heteroatoms. The number of aryl methyl sites for hydroxylation is 1. The van der Waals surface area contributed by atoms with Gasteiger partial charge in [0.25, 0.3) is 0 Å². The van der Waals surface area contributed by atoms with Crippen molar-refractivity contribution < 1.29 is 4.79 Å². The Balaban J connectivity index is 1.48. The van der Waals surface area contributed by atoms with Crippen LogP contribution in [0.5, 0.6) is 0 Å². The zero-order valence-corrected chi connectivity index (χ0v) is 12.6. The molecule has 0 unspecified atom stereocenters. The van der Waals surface area contributed by atoms with Crippen LogP contribution in [0.3, 0.4) is 0 Å². The molecule has 22 heavy (non-hydrogen) atoms. The number of rotatable bonds is 7. The predicted octanol–water partition coefficient (Wildman–Crippen LogP) is 1.30. The van der Waals surface area contributed by atoms with Crippen LogP contribution in [0.1, 0.15) is 25.1 Å². The van der Waals surface area contributed by atoms with Crippen molar-refractivity contribution in [2.24, 2.45) is 5.92 Å². The van der Waals surface area contributed by atoms with E-state index in [-0.39, 0.29) is 5.91 Å². The molecule has 2 aromatic rings. The molecule has 1 aliphatic carbocycles. The van der Waals surface area contributed by atoms with Gasteiger partial charge in [0, 0.05) is 38.0 Å². The van der Waals surface area contributed by atoms with Gasteiger partial charge in [0.1, 0.15) is 23.8 Å². The molecule has 1 amide bonds. The van der Waals surface area contributed by atoms with Crippen molar-refractivity contribution in [2.45, 2.75) is 26.2 Å². The van der Waals surface area contributed by atoms with Crippen molar-refractivity contribution in [2.75, 3.05) is 18.4 Å². The van der Waals surface area contributed by atoms with Gasteiger partial charge in [-0.05, 0) is 25.7 Å². The van der Waals surface area contributed by atoms with E-state index in [0.29, 0.717) is 25.4 Å². The molecule has 0 radical (unpaired) electrons. The van der Waals surface area contributed by atoms with Gasteiger partial charge >= 0.3 is 0 Å². The molecule has 0 aliphatic heterocycles. The summed E-state index contributed by atoms with van der Waals surface area (Å²) in [4.78, 5) is 24.2. The van der Waals surface area contributed by atoms with Crippen molar-refractivity contribution in [1.82, 2.24) is 24.8 Å². The molecular formula is C15H20N6O. The fraction of sp³-hybridized carbons (Fsp3) is 0.467. The molecule has 3 rings (SSSR count). The van der Waals surface area contributed by atoms with Crippen molar-refractivity contribution in [3.05, 3.63) is 30.6 Å². The number of carbonyl (C=O) groups excluding carboxylic acids is 1. The second-order valence-corrected chi connectivity index (χ2v) is 5.53. The van der Waals surface area contributed by atoms with Crippen LogP contribution < -0.4 is 10.6 Å².